The number of fused-ring (bicyclic) bond motifs is 1. The van der Waals surface area contributed by atoms with Gasteiger partial charge in [-0.25, -0.2) is 9.67 Å². The molecule has 2 heterocycles. The second-order valence-electron chi connectivity index (χ2n) is 4.63. The lowest BCUT2D eigenvalue weighted by Crippen LogP contribution is -2.25. The van der Waals surface area contributed by atoms with Gasteiger partial charge >= 0.3 is 5.97 Å². The van der Waals surface area contributed by atoms with Crippen molar-refractivity contribution in [2.75, 3.05) is 6.61 Å². The minimum absolute atomic E-state index is 0.173. The fraction of sp³-hybridized carbons (Fsp3) is 0.200. The van der Waals surface area contributed by atoms with Gasteiger partial charge in [0.2, 0.25) is 0 Å². The molecular weight excluding hydrogens is 284 g/mol. The number of hydrogen-bond donors (Lipinski definition) is 0. The maximum absolute atomic E-state index is 12.4. The van der Waals surface area contributed by atoms with Crippen LogP contribution in [0.1, 0.15) is 6.92 Å². The van der Waals surface area contributed by atoms with E-state index < -0.39 is 5.97 Å². The van der Waals surface area contributed by atoms with E-state index in [1.807, 2.05) is 30.3 Å². The van der Waals surface area contributed by atoms with E-state index in [0.717, 1.165) is 5.69 Å². The van der Waals surface area contributed by atoms with Crippen LogP contribution in [-0.2, 0) is 16.1 Å². The monoisotopic (exact) mass is 298 g/mol. The third-order valence-electron chi connectivity index (χ3n) is 3.12. The van der Waals surface area contributed by atoms with Gasteiger partial charge < -0.3 is 4.74 Å². The van der Waals surface area contributed by atoms with Gasteiger partial charge in [-0.05, 0) is 19.1 Å². The highest BCUT2D eigenvalue weighted by Gasteiger charge is 2.12. The van der Waals surface area contributed by atoms with Crippen LogP contribution in [0.25, 0.3) is 16.7 Å². The van der Waals surface area contributed by atoms with Gasteiger partial charge in [-0.1, -0.05) is 18.2 Å². The fourth-order valence-electron chi connectivity index (χ4n) is 2.10. The summed E-state index contributed by atoms with van der Waals surface area (Å²) in [5.41, 5.74) is 1.16. The normalized spacial score (nSPS) is 10.8. The number of benzene rings is 1. The summed E-state index contributed by atoms with van der Waals surface area (Å²) in [5.74, 6) is -0.478. The number of rotatable bonds is 4. The predicted octanol–water partition coefficient (Wildman–Crippen LogP) is 1.15. The van der Waals surface area contributed by atoms with Crippen LogP contribution in [0.2, 0.25) is 0 Å². The van der Waals surface area contributed by atoms with Crippen molar-refractivity contribution < 1.29 is 9.53 Å². The zero-order valence-electron chi connectivity index (χ0n) is 12.0. The highest BCUT2D eigenvalue weighted by atomic mass is 16.5. The van der Waals surface area contributed by atoms with Gasteiger partial charge in [0.25, 0.3) is 5.56 Å². The molecule has 0 aliphatic heterocycles. The van der Waals surface area contributed by atoms with Crippen molar-refractivity contribution >= 4 is 17.0 Å². The summed E-state index contributed by atoms with van der Waals surface area (Å²) in [6, 6.07) is 9.42. The summed E-state index contributed by atoms with van der Waals surface area (Å²) < 4.78 is 7.62. The van der Waals surface area contributed by atoms with Crippen LogP contribution < -0.4 is 5.56 Å². The van der Waals surface area contributed by atoms with Crippen LogP contribution in [0.4, 0.5) is 0 Å². The molecular formula is C15H14N4O3. The molecule has 0 N–H and O–H groups in total. The van der Waals surface area contributed by atoms with Crippen LogP contribution in [0, 0.1) is 0 Å². The minimum atomic E-state index is -0.478. The van der Waals surface area contributed by atoms with Crippen molar-refractivity contribution in [1.82, 2.24) is 19.3 Å². The number of carbonyl (C=O) groups excluding carboxylic acids is 1. The van der Waals surface area contributed by atoms with Gasteiger partial charge in [0.05, 0.1) is 24.8 Å². The molecule has 7 nitrogen and oxygen atoms in total. The molecule has 0 saturated carbocycles. The molecule has 7 heteroatoms. The highest BCUT2D eigenvalue weighted by Crippen LogP contribution is 2.10. The largest absolute Gasteiger partial charge is 0.465 e. The van der Waals surface area contributed by atoms with Crippen molar-refractivity contribution in [3.05, 3.63) is 53.2 Å². The van der Waals surface area contributed by atoms with Crippen molar-refractivity contribution in [1.29, 1.82) is 0 Å². The van der Waals surface area contributed by atoms with E-state index in [2.05, 4.69) is 10.1 Å². The Labute approximate surface area is 125 Å². The molecule has 112 valence electrons. The average Bonchev–Trinajstić information content (AvgIpc) is 2.96. The van der Waals surface area contributed by atoms with E-state index in [1.54, 1.807) is 17.8 Å². The Morgan fingerprint density at radius 3 is 2.77 bits per heavy atom. The zero-order chi connectivity index (χ0) is 15.5. The summed E-state index contributed by atoms with van der Waals surface area (Å²) in [5, 5.41) is 4.27. The molecule has 0 aliphatic carbocycles. The van der Waals surface area contributed by atoms with Gasteiger partial charge in [-0.15, -0.1) is 0 Å². The first kappa shape index (κ1) is 14.0. The van der Waals surface area contributed by atoms with Crippen molar-refractivity contribution in [3.63, 3.8) is 0 Å². The lowest BCUT2D eigenvalue weighted by molar-refractivity contribution is -0.143. The Balaban J connectivity index is 2.01. The lowest BCUT2D eigenvalue weighted by Gasteiger charge is -2.03. The number of aromatic nitrogens is 4. The summed E-state index contributed by atoms with van der Waals surface area (Å²) in [4.78, 5) is 28.0. The summed E-state index contributed by atoms with van der Waals surface area (Å²) in [6.07, 6.45) is 3.01. The number of esters is 1. The second kappa shape index (κ2) is 5.80. The van der Waals surface area contributed by atoms with Crippen LogP contribution in [-0.4, -0.2) is 31.9 Å². The first-order chi connectivity index (χ1) is 10.7. The van der Waals surface area contributed by atoms with Crippen LogP contribution in [0.3, 0.4) is 0 Å². The maximum atomic E-state index is 12.4. The molecule has 0 amide bonds. The maximum Gasteiger partial charge on any atom is 0.326 e. The molecule has 22 heavy (non-hydrogen) atoms. The van der Waals surface area contributed by atoms with E-state index in [4.69, 9.17) is 4.74 Å². The van der Waals surface area contributed by atoms with E-state index >= 15 is 0 Å². The molecule has 1 aromatic carbocycles. The van der Waals surface area contributed by atoms with Crippen molar-refractivity contribution in [2.24, 2.45) is 0 Å². The number of carbonyl (C=O) groups is 1. The van der Waals surface area contributed by atoms with E-state index in [0.29, 0.717) is 5.52 Å². The molecule has 0 unspecified atom stereocenters. The van der Waals surface area contributed by atoms with Crippen molar-refractivity contribution in [3.8, 4) is 5.69 Å². The average molecular weight is 298 g/mol. The Morgan fingerprint density at radius 2 is 2.05 bits per heavy atom. The molecule has 0 aliphatic rings. The summed E-state index contributed by atoms with van der Waals surface area (Å²) in [6.45, 7) is 1.81. The van der Waals surface area contributed by atoms with E-state index in [9.17, 15) is 9.59 Å². The Bertz CT molecular complexity index is 867. The van der Waals surface area contributed by atoms with Gasteiger partial charge in [-0.2, -0.15) is 5.10 Å². The molecule has 0 spiro atoms. The van der Waals surface area contributed by atoms with Crippen LogP contribution in [0.5, 0.6) is 0 Å². The fourth-order valence-corrected chi connectivity index (χ4v) is 2.10. The Morgan fingerprint density at radius 1 is 1.27 bits per heavy atom. The first-order valence-electron chi connectivity index (χ1n) is 6.85. The third kappa shape index (κ3) is 2.60. The number of para-hydroxylation sites is 1. The van der Waals surface area contributed by atoms with E-state index in [-0.39, 0.29) is 24.2 Å². The highest BCUT2D eigenvalue weighted by molar-refractivity contribution is 5.74. The molecule has 0 radical (unpaired) electrons. The topological polar surface area (TPSA) is 79.0 Å². The first-order valence-corrected chi connectivity index (χ1v) is 6.85. The molecule has 3 aromatic rings. The second-order valence-corrected chi connectivity index (χ2v) is 4.63. The summed E-state index contributed by atoms with van der Waals surface area (Å²) >= 11 is 0. The molecule has 0 atom stereocenters. The van der Waals surface area contributed by atoms with Crippen LogP contribution in [0.15, 0.2) is 47.7 Å². The molecule has 0 bridgehead atoms. The molecule has 0 saturated heterocycles. The SMILES string of the molecule is CCOC(=O)Cn1cnc2cn(-c3ccccc3)nc2c1=O. The lowest BCUT2D eigenvalue weighted by atomic mass is 10.3. The summed E-state index contributed by atoms with van der Waals surface area (Å²) in [7, 11) is 0. The number of hydrogen-bond acceptors (Lipinski definition) is 5. The van der Waals surface area contributed by atoms with Crippen LogP contribution >= 0.6 is 0 Å². The minimum Gasteiger partial charge on any atom is -0.465 e. The van der Waals surface area contributed by atoms with Gasteiger partial charge in [0.15, 0.2) is 5.52 Å². The standard InChI is InChI=1S/C15H14N4O3/c1-2-22-13(20)9-18-10-16-12-8-19(17-14(12)15(18)21)11-6-4-3-5-7-11/h3-8,10H,2,9H2,1H3. The van der Waals surface area contributed by atoms with Gasteiger partial charge in [0, 0.05) is 0 Å². The van der Waals surface area contributed by atoms with Gasteiger partial charge in [-0.3, -0.25) is 14.2 Å². The number of nitrogens with zero attached hydrogens (tertiary/aromatic N) is 4. The predicted molar refractivity (Wildman–Crippen MR) is 79.8 cm³/mol. The van der Waals surface area contributed by atoms with Crippen molar-refractivity contribution in [2.45, 2.75) is 13.5 Å². The molecule has 0 fully saturated rings. The quantitative estimate of drug-likeness (QED) is 0.675. The Kier molecular flexibility index (Phi) is 3.69. The Hall–Kier alpha value is -2.96. The zero-order valence-corrected chi connectivity index (χ0v) is 12.0. The smallest absolute Gasteiger partial charge is 0.326 e. The van der Waals surface area contributed by atoms with E-state index in [1.165, 1.54) is 10.9 Å². The molecule has 2 aromatic heterocycles. The van der Waals surface area contributed by atoms with Gasteiger partial charge in [0.1, 0.15) is 12.1 Å². The third-order valence-corrected chi connectivity index (χ3v) is 3.12. The number of ether oxygens (including phenoxy) is 1. The molecule has 3 rings (SSSR count).